The molecule has 110 valence electrons. The Bertz CT molecular complexity index is 615. The number of carbonyl (C=O) groups excluding carboxylic acids is 1. The Labute approximate surface area is 127 Å². The second-order valence-corrected chi connectivity index (χ2v) is 5.86. The molecule has 1 amide bonds. The van der Waals surface area contributed by atoms with E-state index in [0.29, 0.717) is 30.0 Å². The number of nitrogen functional groups attached to an aromatic ring is 2. The lowest BCUT2D eigenvalue weighted by molar-refractivity contribution is 0.0747. The van der Waals surface area contributed by atoms with Crippen molar-refractivity contribution in [3.8, 4) is 0 Å². The van der Waals surface area contributed by atoms with Crippen molar-refractivity contribution < 1.29 is 4.79 Å². The predicted octanol–water partition coefficient (Wildman–Crippen LogP) is 1.27. The fourth-order valence-electron chi connectivity index (χ4n) is 2.46. The summed E-state index contributed by atoms with van der Waals surface area (Å²) in [4.78, 5) is 20.8. The van der Waals surface area contributed by atoms with E-state index in [4.69, 9.17) is 11.5 Å². The highest BCUT2D eigenvalue weighted by Gasteiger charge is 2.23. The lowest BCUT2D eigenvalue weighted by Crippen LogP contribution is -2.48. The maximum Gasteiger partial charge on any atom is 0.254 e. The lowest BCUT2D eigenvalue weighted by atomic mass is 10.1. The quantitative estimate of drug-likeness (QED) is 0.816. The number of rotatable bonds is 2. The van der Waals surface area contributed by atoms with Gasteiger partial charge in [0, 0.05) is 54.7 Å². The Morgan fingerprint density at radius 1 is 1.10 bits per heavy atom. The molecule has 0 bridgehead atoms. The minimum atomic E-state index is -0.0206. The second kappa shape index (κ2) is 5.61. The van der Waals surface area contributed by atoms with E-state index in [1.165, 1.54) is 0 Å². The minimum absolute atomic E-state index is 0.0206. The molecule has 7 heteroatoms. The number of piperazine rings is 1. The summed E-state index contributed by atoms with van der Waals surface area (Å²) in [6, 6.07) is 5.00. The highest BCUT2D eigenvalue weighted by molar-refractivity contribution is 7.13. The molecule has 2 heterocycles. The minimum Gasteiger partial charge on any atom is -0.399 e. The summed E-state index contributed by atoms with van der Waals surface area (Å²) >= 11 is 1.62. The molecule has 1 saturated heterocycles. The van der Waals surface area contributed by atoms with Gasteiger partial charge in [0.15, 0.2) is 5.13 Å². The van der Waals surface area contributed by atoms with Gasteiger partial charge in [0.2, 0.25) is 0 Å². The molecule has 0 saturated carbocycles. The molecule has 1 aromatic heterocycles. The molecule has 0 atom stereocenters. The number of hydrogen-bond acceptors (Lipinski definition) is 6. The van der Waals surface area contributed by atoms with Gasteiger partial charge < -0.3 is 21.3 Å². The van der Waals surface area contributed by atoms with Crippen molar-refractivity contribution in [3.05, 3.63) is 35.3 Å². The van der Waals surface area contributed by atoms with E-state index in [1.807, 2.05) is 10.3 Å². The molecule has 3 rings (SSSR count). The number of nitrogens with two attached hydrogens (primary N) is 2. The van der Waals surface area contributed by atoms with E-state index in [9.17, 15) is 4.79 Å². The van der Waals surface area contributed by atoms with Crippen LogP contribution in [0.3, 0.4) is 0 Å². The fraction of sp³-hybridized carbons (Fsp3) is 0.286. The average molecular weight is 303 g/mol. The molecule has 0 unspecified atom stereocenters. The monoisotopic (exact) mass is 303 g/mol. The first-order valence-corrected chi connectivity index (χ1v) is 7.61. The third kappa shape index (κ3) is 2.92. The Morgan fingerprint density at radius 2 is 1.76 bits per heavy atom. The zero-order valence-corrected chi connectivity index (χ0v) is 12.3. The summed E-state index contributed by atoms with van der Waals surface area (Å²) in [6.45, 7) is 2.92. The molecule has 1 aliphatic heterocycles. The molecular weight excluding hydrogens is 286 g/mol. The van der Waals surface area contributed by atoms with E-state index >= 15 is 0 Å². The molecular formula is C14H17N5OS. The number of benzene rings is 1. The molecule has 21 heavy (non-hydrogen) atoms. The number of anilines is 3. The van der Waals surface area contributed by atoms with E-state index in [-0.39, 0.29) is 5.91 Å². The smallest absolute Gasteiger partial charge is 0.254 e. The van der Waals surface area contributed by atoms with Crippen molar-refractivity contribution in [2.45, 2.75) is 0 Å². The zero-order valence-electron chi connectivity index (χ0n) is 11.5. The van der Waals surface area contributed by atoms with Crippen LogP contribution in [0.1, 0.15) is 10.4 Å². The molecule has 4 N–H and O–H groups in total. The van der Waals surface area contributed by atoms with Crippen LogP contribution >= 0.6 is 11.3 Å². The van der Waals surface area contributed by atoms with E-state index in [2.05, 4.69) is 9.88 Å². The van der Waals surface area contributed by atoms with Crippen LogP contribution in [0.4, 0.5) is 16.5 Å². The molecule has 1 fully saturated rings. The third-order valence-corrected chi connectivity index (χ3v) is 4.31. The van der Waals surface area contributed by atoms with Gasteiger partial charge in [-0.3, -0.25) is 4.79 Å². The predicted molar refractivity (Wildman–Crippen MR) is 85.5 cm³/mol. The molecule has 1 aromatic carbocycles. The molecule has 2 aromatic rings. The van der Waals surface area contributed by atoms with Gasteiger partial charge in [0.05, 0.1) is 0 Å². The molecule has 1 aliphatic rings. The van der Waals surface area contributed by atoms with Crippen molar-refractivity contribution in [1.29, 1.82) is 0 Å². The van der Waals surface area contributed by atoms with Crippen LogP contribution in [0.5, 0.6) is 0 Å². The van der Waals surface area contributed by atoms with Gasteiger partial charge in [0.25, 0.3) is 5.91 Å². The van der Waals surface area contributed by atoms with Gasteiger partial charge in [-0.2, -0.15) is 0 Å². The van der Waals surface area contributed by atoms with Gasteiger partial charge in [-0.15, -0.1) is 11.3 Å². The highest BCUT2D eigenvalue weighted by atomic mass is 32.1. The number of amides is 1. The summed E-state index contributed by atoms with van der Waals surface area (Å²) in [6.07, 6.45) is 1.80. The van der Waals surface area contributed by atoms with Crippen LogP contribution in [-0.4, -0.2) is 42.0 Å². The van der Waals surface area contributed by atoms with E-state index in [1.54, 1.807) is 35.7 Å². The Morgan fingerprint density at radius 3 is 2.33 bits per heavy atom. The van der Waals surface area contributed by atoms with Crippen molar-refractivity contribution in [3.63, 3.8) is 0 Å². The molecule has 0 radical (unpaired) electrons. The number of aromatic nitrogens is 1. The Hall–Kier alpha value is -2.28. The summed E-state index contributed by atoms with van der Waals surface area (Å²) in [5.74, 6) is -0.0206. The molecule has 6 nitrogen and oxygen atoms in total. The maximum atomic E-state index is 12.5. The third-order valence-electron chi connectivity index (χ3n) is 3.48. The summed E-state index contributed by atoms with van der Waals surface area (Å²) in [5.41, 5.74) is 13.1. The number of nitrogens with zero attached hydrogens (tertiary/aromatic N) is 3. The Kier molecular flexibility index (Phi) is 3.66. The molecule has 0 aliphatic carbocycles. The molecule has 0 spiro atoms. The number of thiazole rings is 1. The van der Waals surface area contributed by atoms with Gasteiger partial charge in [-0.05, 0) is 18.2 Å². The standard InChI is InChI=1S/C14H17N5OS/c15-11-7-10(8-12(16)9-11)13(20)18-2-4-19(5-3-18)14-17-1-6-21-14/h1,6-9H,2-5,15-16H2. The first-order valence-electron chi connectivity index (χ1n) is 6.73. The van der Waals surface area contributed by atoms with Crippen LogP contribution in [0.25, 0.3) is 0 Å². The maximum absolute atomic E-state index is 12.5. The lowest BCUT2D eigenvalue weighted by Gasteiger charge is -2.34. The van der Waals surface area contributed by atoms with E-state index < -0.39 is 0 Å². The summed E-state index contributed by atoms with van der Waals surface area (Å²) < 4.78 is 0. The zero-order chi connectivity index (χ0) is 14.8. The van der Waals surface area contributed by atoms with E-state index in [0.717, 1.165) is 18.2 Å². The van der Waals surface area contributed by atoms with Gasteiger partial charge in [0.1, 0.15) is 0 Å². The first-order chi connectivity index (χ1) is 10.1. The number of hydrogen-bond donors (Lipinski definition) is 2. The van der Waals surface area contributed by atoms with Crippen LogP contribution in [0, 0.1) is 0 Å². The average Bonchev–Trinajstić information content (AvgIpc) is 3.00. The largest absolute Gasteiger partial charge is 0.399 e. The van der Waals surface area contributed by atoms with Crippen LogP contribution in [-0.2, 0) is 0 Å². The van der Waals surface area contributed by atoms with Crippen LogP contribution in [0.2, 0.25) is 0 Å². The van der Waals surface area contributed by atoms with Crippen LogP contribution in [0.15, 0.2) is 29.8 Å². The first kappa shape index (κ1) is 13.7. The summed E-state index contributed by atoms with van der Waals surface area (Å²) in [7, 11) is 0. The Balaban J connectivity index is 1.67. The number of carbonyl (C=O) groups is 1. The summed E-state index contributed by atoms with van der Waals surface area (Å²) in [5, 5.41) is 2.97. The van der Waals surface area contributed by atoms with Crippen LogP contribution < -0.4 is 16.4 Å². The fourth-order valence-corrected chi connectivity index (χ4v) is 3.15. The van der Waals surface area contributed by atoms with Gasteiger partial charge >= 0.3 is 0 Å². The highest BCUT2D eigenvalue weighted by Crippen LogP contribution is 2.20. The second-order valence-electron chi connectivity index (χ2n) is 4.98. The van der Waals surface area contributed by atoms with Gasteiger partial charge in [-0.1, -0.05) is 0 Å². The van der Waals surface area contributed by atoms with Crippen molar-refractivity contribution in [2.24, 2.45) is 0 Å². The normalized spacial score (nSPS) is 15.2. The van der Waals surface area contributed by atoms with Crippen molar-refractivity contribution in [1.82, 2.24) is 9.88 Å². The van der Waals surface area contributed by atoms with Gasteiger partial charge in [-0.25, -0.2) is 4.98 Å². The van der Waals surface area contributed by atoms with Crippen molar-refractivity contribution in [2.75, 3.05) is 42.5 Å². The topological polar surface area (TPSA) is 88.5 Å². The SMILES string of the molecule is Nc1cc(N)cc(C(=O)N2CCN(c3nccs3)CC2)c1. The van der Waals surface area contributed by atoms with Crippen molar-refractivity contribution >= 4 is 33.8 Å².